The molecular weight excluding hydrogens is 1950 g/mol. The van der Waals surface area contributed by atoms with Gasteiger partial charge in [-0.05, 0) is 169 Å². The number of aromatic nitrogens is 4. The number of nitrogen functional groups attached to an aromatic ring is 3. The summed E-state index contributed by atoms with van der Waals surface area (Å²) < 4.78 is 56.8. The van der Waals surface area contributed by atoms with Crippen molar-refractivity contribution in [3.8, 4) is 33.4 Å². The number of aromatic amines is 1. The summed E-state index contributed by atoms with van der Waals surface area (Å²) in [5.74, 6) is 1.36. The van der Waals surface area contributed by atoms with Crippen LogP contribution in [-0.2, 0) is 51.8 Å². The third-order valence-corrected chi connectivity index (χ3v) is 25.1. The molecule has 0 spiro atoms. The van der Waals surface area contributed by atoms with Gasteiger partial charge in [-0.2, -0.15) is 8.42 Å². The van der Waals surface area contributed by atoms with Crippen LogP contribution < -0.4 is 87.3 Å². The van der Waals surface area contributed by atoms with Crippen LogP contribution in [-0.4, -0.2) is 173 Å². The van der Waals surface area contributed by atoms with E-state index in [0.29, 0.717) is 107 Å². The molecule has 144 heavy (non-hydrogen) atoms. The SMILES string of the molecule is C=CC[C@]1(c2ccccc2)CCN([C@@H](C)c2ccc(-c3ccc(N)nc3)cc2)C(=O)O1.C=CC[C@]1(c2ccccc2)CCN([C@@H](C)c2ccc(Br)cc2)C(=O)O1.C[C@@H](c1ccc(-c2ccc(=O)[nH]c2)cc1)N1CC[C@](CCCO)(c2ccccc2)OC1=O.C[C@@H](c1ccc(-c2ccc(N)nc2)cc1)N1CC[C@](CCCO)(c2ccccc2)OC1=O.Nc1ccc(B(O)O)cn1.O=N[O-].O=S(=O)(O)O.OO.[B].[Na+].[Na+].[OH-]. The predicted octanol–water partition coefficient (Wildman–Crippen LogP) is 12.5. The van der Waals surface area contributed by atoms with E-state index < -0.39 is 39.9 Å². The van der Waals surface area contributed by atoms with Gasteiger partial charge in [-0.15, -0.1) is 18.5 Å². The number of nitrogens with zero attached hydrogens (tertiary/aromatic N) is 8. The van der Waals surface area contributed by atoms with E-state index in [-0.39, 0.29) is 140 Å². The van der Waals surface area contributed by atoms with Crippen LogP contribution in [0.25, 0.3) is 33.4 Å². The van der Waals surface area contributed by atoms with Gasteiger partial charge in [-0.3, -0.25) is 24.4 Å². The van der Waals surface area contributed by atoms with Gasteiger partial charge in [0.1, 0.15) is 39.9 Å². The molecule has 8 aromatic carbocycles. The summed E-state index contributed by atoms with van der Waals surface area (Å²) in [6.07, 6.45) is 15.3. The van der Waals surface area contributed by atoms with Crippen LogP contribution in [0.2, 0.25) is 0 Å². The number of halogens is 1. The molecule has 747 valence electrons. The fraction of sp³-hybridized carbons (Fsp3) is 0.269. The number of pyridine rings is 4. The summed E-state index contributed by atoms with van der Waals surface area (Å²) in [6, 6.07) is 85.3. The number of ether oxygens (including phenoxy) is 4. The fourth-order valence-corrected chi connectivity index (χ4v) is 17.1. The van der Waals surface area contributed by atoms with Gasteiger partial charge in [0.2, 0.25) is 5.56 Å². The van der Waals surface area contributed by atoms with E-state index in [1.807, 2.05) is 270 Å². The van der Waals surface area contributed by atoms with Crippen molar-refractivity contribution < 1.29 is 151 Å². The Hall–Kier alpha value is -12.3. The number of hydrogen-bond acceptors (Lipinski definition) is 27. The molecule has 3 radical (unpaired) electrons. The quantitative estimate of drug-likeness (QED) is 0.00456. The first-order chi connectivity index (χ1) is 67.2. The van der Waals surface area contributed by atoms with Crippen molar-refractivity contribution in [3.05, 3.63) is 386 Å². The van der Waals surface area contributed by atoms with Gasteiger partial charge < -0.3 is 96.6 Å². The van der Waals surface area contributed by atoms with Gasteiger partial charge in [0.05, 0.1) is 24.2 Å². The van der Waals surface area contributed by atoms with Crippen LogP contribution in [0.5, 0.6) is 0 Å². The number of nitrogens with one attached hydrogen (secondary N) is 1. The molecule has 8 heterocycles. The molecule has 4 amide bonds. The molecule has 34 nitrogen and oxygen atoms in total. The summed E-state index contributed by atoms with van der Waals surface area (Å²) >= 11 is 3.45. The number of nitrogens with two attached hydrogens (primary N) is 3. The smallest absolute Gasteiger partial charge is 0.870 e. The summed E-state index contributed by atoms with van der Waals surface area (Å²) in [5, 5.41) is 56.9. The molecule has 0 saturated carbocycles. The second kappa shape index (κ2) is 59.8. The van der Waals surface area contributed by atoms with Gasteiger partial charge >= 0.3 is 101 Å². The fourth-order valence-electron chi connectivity index (χ4n) is 16.9. The van der Waals surface area contributed by atoms with Crippen LogP contribution in [0.1, 0.15) is 161 Å². The molecule has 0 aliphatic carbocycles. The Balaban J connectivity index is 0.000000315. The van der Waals surface area contributed by atoms with E-state index >= 15 is 0 Å². The predicted molar refractivity (Wildman–Crippen MR) is 549 cm³/mol. The van der Waals surface area contributed by atoms with Gasteiger partial charge in [-0.1, -0.05) is 240 Å². The zero-order valence-corrected chi connectivity index (χ0v) is 87.4. The molecular formula is C104H118B2BrN12Na2O22S. The minimum absolute atomic E-state index is 0. The molecule has 4 fully saturated rings. The Morgan fingerprint density at radius 2 is 0.701 bits per heavy atom. The third-order valence-electron chi connectivity index (χ3n) is 24.6. The molecule has 40 heteroatoms. The average Bonchev–Trinajstić information content (AvgIpc) is 0.786. The maximum absolute atomic E-state index is 13.1. The first-order valence-corrected chi connectivity index (χ1v) is 47.2. The van der Waals surface area contributed by atoms with Crippen molar-refractivity contribution in [2.24, 2.45) is 5.34 Å². The zero-order valence-electron chi connectivity index (χ0n) is 81.0. The van der Waals surface area contributed by atoms with E-state index in [2.05, 4.69) is 49.0 Å². The maximum Gasteiger partial charge on any atom is 1.00 e. The van der Waals surface area contributed by atoms with E-state index in [9.17, 15) is 34.2 Å². The number of H-pyrrole nitrogens is 1. The molecule has 16 rings (SSSR count). The largest absolute Gasteiger partial charge is 1.00 e. The number of amides is 4. The first kappa shape index (κ1) is 122. The maximum atomic E-state index is 13.1. The number of hydrogen-bond donors (Lipinski definition) is 12. The van der Waals surface area contributed by atoms with Crippen molar-refractivity contribution >= 4 is 89.1 Å². The van der Waals surface area contributed by atoms with Crippen LogP contribution >= 0.6 is 15.9 Å². The van der Waals surface area contributed by atoms with Gasteiger partial charge in [0, 0.05) is 138 Å². The number of aliphatic hydroxyl groups excluding tert-OH is 2. The molecule has 0 unspecified atom stereocenters. The summed E-state index contributed by atoms with van der Waals surface area (Å²) in [4.78, 5) is 93.1. The molecule has 4 aromatic heterocycles. The molecule has 0 bridgehead atoms. The monoisotopic (exact) mass is 2070 g/mol. The van der Waals surface area contributed by atoms with Crippen molar-refractivity contribution in [2.45, 2.75) is 138 Å². The second-order valence-electron chi connectivity index (χ2n) is 33.2. The Morgan fingerprint density at radius 1 is 0.444 bits per heavy atom. The first-order valence-electron chi connectivity index (χ1n) is 45.0. The molecule has 4 aliphatic heterocycles. The zero-order chi connectivity index (χ0) is 102. The second-order valence-corrected chi connectivity index (χ2v) is 35.1. The number of aliphatic hydroxyl groups is 2. The molecule has 8 atom stereocenters. The Kier molecular flexibility index (Phi) is 50.8. The van der Waals surface area contributed by atoms with E-state index in [4.69, 9.17) is 84.3 Å². The van der Waals surface area contributed by atoms with Gasteiger partial charge in [-0.25, -0.2) is 34.1 Å². The van der Waals surface area contributed by atoms with Crippen molar-refractivity contribution in [1.82, 2.24) is 39.5 Å². The summed E-state index contributed by atoms with van der Waals surface area (Å²) in [6.45, 7) is 18.4. The van der Waals surface area contributed by atoms with Crippen LogP contribution in [0.4, 0.5) is 36.6 Å². The number of carbonyl (C=O) groups excluding carboxylic acids is 4. The molecule has 4 aliphatic rings. The summed E-state index contributed by atoms with van der Waals surface area (Å²) in [7, 11) is -6.13. The van der Waals surface area contributed by atoms with Crippen LogP contribution in [0.15, 0.2) is 332 Å². The number of carbonyl (C=O) groups is 4. The van der Waals surface area contributed by atoms with E-state index in [0.717, 1.165) is 94.1 Å². The Labute approximate surface area is 892 Å². The van der Waals surface area contributed by atoms with E-state index in [1.165, 1.54) is 24.4 Å². The molecule has 16 N–H and O–H groups in total. The minimum atomic E-state index is -4.67. The standard InChI is InChI=1S/C26H29N3O3.C26H27N3O2.C26H28N2O4.C21H22BrNO2.C5H7BN2O2.B.HNO2.2Na.H2O4S.H2O2.H2O/c1-19(20-8-10-21(11-9-20)22-12-13-24(27)28-18-22)29-16-15-26(14-5-17-30,32-25(29)31)23-6-3-2-4-7-23;1-3-15-26(23-7-5-4-6-8-23)16-17-29(25(30)31-26)19(2)20-9-11-21(12-10-20)22-13-14-24(27)28-18-22;1-19(20-8-10-21(11-9-20)22-12-13-24(30)27-18-22)28-16-15-26(14-5-17-29,32-25(28)31)23-6-3-2-4-7-23;1-3-13-21(18-7-5-4-6-8-18)14-15-23(20(24)25-21)16(2)17-9-11-19(22)12-10-17;7-5-2-1-4(3-8-5)6(9)10;;2-1-3;;;1-5(2,3)4;1-2;/h2-4,6-13,18-19,30H,5,14-17H2,1H3,(H2,27,28);3-14,18-19H,1,15-17H2,2H3,(H2,27,28);2-4,6-13,18-19,29H,5,14-17H2,1H3,(H,27,30);3-12,16H,1,13-15H2,2H3;1-3,9-10H,(H2,7,8);;(H,2,3);;;(H2,1,2,3,4);1-2H;1H2/q;;;;;;;2*+1;;;/p-2/t3*19-,26+;16-,21+;;;;;;;;/m0000......../s1. The van der Waals surface area contributed by atoms with Crippen molar-refractivity contribution in [2.75, 3.05) is 56.6 Å². The Morgan fingerprint density at radius 3 is 0.951 bits per heavy atom. The van der Waals surface area contributed by atoms with Gasteiger partial charge in [0.25, 0.3) is 0 Å². The van der Waals surface area contributed by atoms with Crippen LogP contribution in [0, 0.1) is 10.1 Å². The Bertz CT molecular complexity index is 6090. The number of cyclic esters (lactones) is 4. The number of anilines is 3. The number of benzene rings is 8. The number of rotatable bonds is 26. The minimum Gasteiger partial charge on any atom is -0.870 e. The van der Waals surface area contributed by atoms with Crippen molar-refractivity contribution in [3.63, 3.8) is 0 Å². The summed E-state index contributed by atoms with van der Waals surface area (Å²) in [5.41, 5.74) is 28.4. The third kappa shape index (κ3) is 34.5. The van der Waals surface area contributed by atoms with Crippen molar-refractivity contribution in [1.29, 1.82) is 0 Å². The topological polar surface area (TPSA) is 546 Å². The van der Waals surface area contributed by atoms with E-state index in [1.54, 1.807) is 56.4 Å². The average molecular weight is 2070 g/mol. The van der Waals surface area contributed by atoms with Gasteiger partial charge in [0.15, 0.2) is 0 Å². The molecule has 12 aromatic rings. The molecule has 4 saturated heterocycles. The van der Waals surface area contributed by atoms with Crippen LogP contribution in [0.3, 0.4) is 0 Å². The normalized spacial score (nSPS) is 17.8.